The fourth-order valence-electron chi connectivity index (χ4n) is 1.73. The molecule has 0 aliphatic rings. The number of fused-ring (bicyclic) bond motifs is 1. The lowest BCUT2D eigenvalue weighted by Crippen LogP contribution is -2.19. The van der Waals surface area contributed by atoms with E-state index in [-0.39, 0.29) is 5.69 Å². The molecule has 3 N–H and O–H groups in total. The van der Waals surface area contributed by atoms with Crippen molar-refractivity contribution in [3.05, 3.63) is 28.7 Å². The molecule has 80 valence electrons. The van der Waals surface area contributed by atoms with E-state index in [1.54, 1.807) is 10.6 Å². The summed E-state index contributed by atoms with van der Waals surface area (Å²) in [5.41, 5.74) is 7.98. The summed E-state index contributed by atoms with van der Waals surface area (Å²) < 4.78 is 1.75. The number of anilines is 1. The third-order valence-electron chi connectivity index (χ3n) is 2.35. The molecule has 2 rings (SSSR count). The average molecular weight is 205 g/mol. The predicted molar refractivity (Wildman–Crippen MR) is 61.8 cm³/mol. The topological polar surface area (TPSA) is 63.8 Å². The van der Waals surface area contributed by atoms with Crippen LogP contribution in [0.4, 0.5) is 5.69 Å². The van der Waals surface area contributed by atoms with Gasteiger partial charge in [-0.2, -0.15) is 0 Å². The van der Waals surface area contributed by atoms with Gasteiger partial charge in [0.25, 0.3) is 0 Å². The Morgan fingerprint density at radius 2 is 2.20 bits per heavy atom. The van der Waals surface area contributed by atoms with Gasteiger partial charge >= 0.3 is 5.69 Å². The minimum absolute atomic E-state index is 0.0655. The van der Waals surface area contributed by atoms with Gasteiger partial charge in [-0.3, -0.25) is 4.57 Å². The van der Waals surface area contributed by atoms with E-state index in [0.717, 1.165) is 17.6 Å². The van der Waals surface area contributed by atoms with Crippen LogP contribution in [-0.2, 0) is 6.54 Å². The molecule has 0 saturated carbocycles. The van der Waals surface area contributed by atoms with Crippen molar-refractivity contribution < 1.29 is 0 Å². The number of nitrogen functional groups attached to an aromatic ring is 1. The van der Waals surface area contributed by atoms with Gasteiger partial charge in [-0.25, -0.2) is 4.79 Å². The molecule has 1 heterocycles. The van der Waals surface area contributed by atoms with E-state index in [1.165, 1.54) is 0 Å². The van der Waals surface area contributed by atoms with Crippen molar-refractivity contribution in [3.63, 3.8) is 0 Å². The Hall–Kier alpha value is -1.71. The molecule has 0 unspecified atom stereocenters. The van der Waals surface area contributed by atoms with Crippen LogP contribution < -0.4 is 11.4 Å². The minimum Gasteiger partial charge on any atom is -0.399 e. The van der Waals surface area contributed by atoms with Crippen LogP contribution in [0.5, 0.6) is 0 Å². The number of aromatic nitrogens is 2. The van der Waals surface area contributed by atoms with E-state index in [1.807, 2.05) is 12.1 Å². The Morgan fingerprint density at radius 1 is 1.47 bits per heavy atom. The fraction of sp³-hybridized carbons (Fsp3) is 0.364. The molecular weight excluding hydrogens is 190 g/mol. The Labute approximate surface area is 87.7 Å². The molecule has 0 saturated heterocycles. The SMILES string of the molecule is CC(C)Cn1c(=O)[nH]c2cc(N)ccc21. The number of imidazole rings is 1. The lowest BCUT2D eigenvalue weighted by Gasteiger charge is -2.05. The summed E-state index contributed by atoms with van der Waals surface area (Å²) in [6, 6.07) is 5.48. The second-order valence-corrected chi connectivity index (χ2v) is 4.21. The van der Waals surface area contributed by atoms with Crippen molar-refractivity contribution in [3.8, 4) is 0 Å². The zero-order chi connectivity index (χ0) is 11.0. The van der Waals surface area contributed by atoms with Crippen LogP contribution >= 0.6 is 0 Å². The summed E-state index contributed by atoms with van der Waals surface area (Å²) in [4.78, 5) is 14.5. The molecule has 2 aromatic rings. The Morgan fingerprint density at radius 3 is 2.87 bits per heavy atom. The number of hydrogen-bond acceptors (Lipinski definition) is 2. The van der Waals surface area contributed by atoms with Crippen molar-refractivity contribution in [2.45, 2.75) is 20.4 Å². The molecule has 0 atom stereocenters. The van der Waals surface area contributed by atoms with Crippen LogP contribution in [0.15, 0.2) is 23.0 Å². The second kappa shape index (κ2) is 3.46. The summed E-state index contributed by atoms with van der Waals surface area (Å²) in [5.74, 6) is 0.444. The van der Waals surface area contributed by atoms with Crippen molar-refractivity contribution >= 4 is 16.7 Å². The van der Waals surface area contributed by atoms with Crippen LogP contribution in [0.25, 0.3) is 11.0 Å². The number of rotatable bonds is 2. The molecule has 0 aliphatic heterocycles. The highest BCUT2D eigenvalue weighted by atomic mass is 16.1. The largest absolute Gasteiger partial charge is 0.399 e. The van der Waals surface area contributed by atoms with Crippen molar-refractivity contribution in [1.82, 2.24) is 9.55 Å². The minimum atomic E-state index is -0.0655. The number of aromatic amines is 1. The van der Waals surface area contributed by atoms with Gasteiger partial charge in [-0.05, 0) is 24.1 Å². The van der Waals surface area contributed by atoms with Crippen molar-refractivity contribution in [2.24, 2.45) is 5.92 Å². The zero-order valence-electron chi connectivity index (χ0n) is 8.95. The lowest BCUT2D eigenvalue weighted by atomic mass is 10.2. The summed E-state index contributed by atoms with van der Waals surface area (Å²) in [6.07, 6.45) is 0. The molecule has 0 spiro atoms. The molecule has 4 heteroatoms. The third kappa shape index (κ3) is 1.75. The Kier molecular flexibility index (Phi) is 2.26. The molecule has 1 aromatic heterocycles. The van der Waals surface area contributed by atoms with Gasteiger partial charge in [-0.1, -0.05) is 13.8 Å². The maximum atomic E-state index is 11.7. The zero-order valence-corrected chi connectivity index (χ0v) is 8.95. The maximum absolute atomic E-state index is 11.7. The van der Waals surface area contributed by atoms with Gasteiger partial charge in [0.15, 0.2) is 0 Å². The molecule has 0 aliphatic carbocycles. The van der Waals surface area contributed by atoms with Gasteiger partial charge in [0.05, 0.1) is 11.0 Å². The third-order valence-corrected chi connectivity index (χ3v) is 2.35. The van der Waals surface area contributed by atoms with Crippen molar-refractivity contribution in [1.29, 1.82) is 0 Å². The monoisotopic (exact) mass is 205 g/mol. The number of nitrogens with one attached hydrogen (secondary N) is 1. The lowest BCUT2D eigenvalue weighted by molar-refractivity contribution is 0.522. The highest BCUT2D eigenvalue weighted by molar-refractivity contribution is 5.78. The van der Waals surface area contributed by atoms with Crippen LogP contribution in [-0.4, -0.2) is 9.55 Å². The quantitative estimate of drug-likeness (QED) is 0.731. The Bertz CT molecular complexity index is 536. The molecule has 4 nitrogen and oxygen atoms in total. The summed E-state index contributed by atoms with van der Waals surface area (Å²) in [7, 11) is 0. The highest BCUT2D eigenvalue weighted by Crippen LogP contribution is 2.14. The molecule has 0 fully saturated rings. The standard InChI is InChI=1S/C11H15N3O/c1-7(2)6-14-10-4-3-8(12)5-9(10)13-11(14)15/h3-5,7H,6,12H2,1-2H3,(H,13,15). The van der Waals surface area contributed by atoms with Crippen LogP contribution in [0.3, 0.4) is 0 Å². The Balaban J connectivity index is 2.63. The van der Waals surface area contributed by atoms with Crippen LogP contribution in [0.2, 0.25) is 0 Å². The van der Waals surface area contributed by atoms with Gasteiger partial charge in [0.1, 0.15) is 0 Å². The first kappa shape index (κ1) is 9.83. The summed E-state index contributed by atoms with van der Waals surface area (Å²) in [6.45, 7) is 4.90. The van der Waals surface area contributed by atoms with Crippen LogP contribution in [0, 0.1) is 5.92 Å². The van der Waals surface area contributed by atoms with Gasteiger partial charge in [0, 0.05) is 12.2 Å². The van der Waals surface area contributed by atoms with E-state index in [4.69, 9.17) is 5.73 Å². The molecule has 0 amide bonds. The second-order valence-electron chi connectivity index (χ2n) is 4.21. The smallest absolute Gasteiger partial charge is 0.326 e. The van der Waals surface area contributed by atoms with E-state index in [9.17, 15) is 4.79 Å². The highest BCUT2D eigenvalue weighted by Gasteiger charge is 2.07. The molecule has 0 radical (unpaired) electrons. The summed E-state index contributed by atoms with van der Waals surface area (Å²) in [5, 5.41) is 0. The maximum Gasteiger partial charge on any atom is 0.326 e. The first-order valence-corrected chi connectivity index (χ1v) is 5.06. The number of benzene rings is 1. The van der Waals surface area contributed by atoms with Gasteiger partial charge in [-0.15, -0.1) is 0 Å². The summed E-state index contributed by atoms with van der Waals surface area (Å²) >= 11 is 0. The molecule has 15 heavy (non-hydrogen) atoms. The molecule has 1 aromatic carbocycles. The van der Waals surface area contributed by atoms with Gasteiger partial charge < -0.3 is 10.7 Å². The van der Waals surface area contributed by atoms with Crippen LogP contribution in [0.1, 0.15) is 13.8 Å². The van der Waals surface area contributed by atoms with E-state index < -0.39 is 0 Å². The predicted octanol–water partition coefficient (Wildman–Crippen LogP) is 1.57. The fourth-order valence-corrected chi connectivity index (χ4v) is 1.73. The first-order chi connectivity index (χ1) is 7.08. The van der Waals surface area contributed by atoms with E-state index in [2.05, 4.69) is 18.8 Å². The number of nitrogens with zero attached hydrogens (tertiary/aromatic N) is 1. The molecular formula is C11H15N3O. The van der Waals surface area contributed by atoms with E-state index in [0.29, 0.717) is 11.6 Å². The first-order valence-electron chi connectivity index (χ1n) is 5.06. The normalized spacial score (nSPS) is 11.4. The average Bonchev–Trinajstić information content (AvgIpc) is 2.41. The number of hydrogen-bond donors (Lipinski definition) is 2. The number of nitrogens with two attached hydrogens (primary N) is 1. The van der Waals surface area contributed by atoms with Gasteiger partial charge in [0.2, 0.25) is 0 Å². The van der Waals surface area contributed by atoms with E-state index >= 15 is 0 Å². The molecule has 0 bridgehead atoms. The number of H-pyrrole nitrogens is 1. The van der Waals surface area contributed by atoms with Crippen molar-refractivity contribution in [2.75, 3.05) is 5.73 Å².